The van der Waals surface area contributed by atoms with E-state index in [9.17, 15) is 18.3 Å². The lowest BCUT2D eigenvalue weighted by Crippen LogP contribution is -3.12. The molecule has 158 valence electrons. The number of benzene rings is 2. The van der Waals surface area contributed by atoms with Gasteiger partial charge in [-0.2, -0.15) is 13.2 Å². The van der Waals surface area contributed by atoms with E-state index in [0.29, 0.717) is 44.6 Å². The number of hydrogen-bond donors (Lipinski definition) is 2. The molecule has 0 spiro atoms. The summed E-state index contributed by atoms with van der Waals surface area (Å²) in [6, 6.07) is 14.9. The summed E-state index contributed by atoms with van der Waals surface area (Å²) in [6.07, 6.45) is -3.66. The third-order valence-electron chi connectivity index (χ3n) is 5.70. The average molecular weight is 418 g/mol. The number of nitrogens with one attached hydrogen (secondary N) is 1. The predicted molar refractivity (Wildman–Crippen MR) is 102 cm³/mol. The van der Waals surface area contributed by atoms with Gasteiger partial charge in [-0.15, -0.1) is 5.10 Å². The number of quaternary nitrogens is 1. The molecule has 9 heteroatoms. The zero-order valence-corrected chi connectivity index (χ0v) is 16.3. The molecule has 1 fully saturated rings. The summed E-state index contributed by atoms with van der Waals surface area (Å²) in [6.45, 7) is 2.40. The number of rotatable bonds is 5. The van der Waals surface area contributed by atoms with Crippen molar-refractivity contribution in [1.82, 2.24) is 20.2 Å². The topological polar surface area (TPSA) is 68.3 Å². The van der Waals surface area contributed by atoms with Crippen molar-refractivity contribution in [1.29, 1.82) is 0 Å². The van der Waals surface area contributed by atoms with Crippen LogP contribution in [-0.4, -0.2) is 38.4 Å². The summed E-state index contributed by atoms with van der Waals surface area (Å²) in [5.41, 5.74) is -0.562. The van der Waals surface area contributed by atoms with Gasteiger partial charge in [0.15, 0.2) is 0 Å². The lowest BCUT2D eigenvalue weighted by molar-refractivity contribution is -0.922. The molecule has 0 unspecified atom stereocenters. The van der Waals surface area contributed by atoms with Gasteiger partial charge in [0.1, 0.15) is 12.1 Å². The number of likely N-dealkylation sites (tertiary alicyclic amines) is 1. The second-order valence-electron chi connectivity index (χ2n) is 7.78. The molecule has 0 radical (unpaired) electrons. The number of alkyl halides is 3. The molecule has 0 bridgehead atoms. The quantitative estimate of drug-likeness (QED) is 0.663. The molecule has 1 saturated heterocycles. The molecule has 4 rings (SSSR count). The molecule has 3 aromatic rings. The fourth-order valence-corrected chi connectivity index (χ4v) is 3.92. The molecule has 0 saturated carbocycles. The highest BCUT2D eigenvalue weighted by molar-refractivity contribution is 5.30. The lowest BCUT2D eigenvalue weighted by atomic mass is 9.83. The first-order valence-electron chi connectivity index (χ1n) is 9.86. The summed E-state index contributed by atoms with van der Waals surface area (Å²) in [4.78, 5) is 1.19. The van der Waals surface area contributed by atoms with E-state index in [1.165, 1.54) is 11.0 Å². The molecule has 0 amide bonds. The van der Waals surface area contributed by atoms with Gasteiger partial charge in [-0.3, -0.25) is 0 Å². The standard InChI is InChI=1S/C21H22F3N5O/c22-21(23,24)18-8-4-7-17(13-18)20(30)9-11-28(12-10-20)15-19-25-26-27-29(19)14-16-5-2-1-3-6-16/h1-8,13,30H,9-12,14-15H2/p+1. The fourth-order valence-electron chi connectivity index (χ4n) is 3.92. The normalized spacial score (nSPS) is 22.2. The highest BCUT2D eigenvalue weighted by Gasteiger charge is 2.38. The zero-order chi connectivity index (χ0) is 21.2. The van der Waals surface area contributed by atoms with Gasteiger partial charge in [0.05, 0.1) is 25.2 Å². The van der Waals surface area contributed by atoms with E-state index in [2.05, 4.69) is 15.5 Å². The molecular weight excluding hydrogens is 395 g/mol. The Morgan fingerprint density at radius 1 is 1.03 bits per heavy atom. The van der Waals surface area contributed by atoms with Crippen LogP contribution in [0.1, 0.15) is 35.4 Å². The van der Waals surface area contributed by atoms with Crippen molar-refractivity contribution in [3.63, 3.8) is 0 Å². The maximum Gasteiger partial charge on any atom is 0.416 e. The van der Waals surface area contributed by atoms with Crippen molar-refractivity contribution in [3.8, 4) is 0 Å². The van der Waals surface area contributed by atoms with E-state index in [0.717, 1.165) is 23.5 Å². The van der Waals surface area contributed by atoms with Gasteiger partial charge in [0.25, 0.3) is 0 Å². The van der Waals surface area contributed by atoms with Crippen LogP contribution < -0.4 is 4.90 Å². The third kappa shape index (κ3) is 4.52. The Balaban J connectivity index is 1.40. The SMILES string of the molecule is OC1(c2cccc(C(F)(F)F)c2)CC[NH+](Cc2nnnn2Cc2ccccc2)CC1. The Kier molecular flexibility index (Phi) is 5.57. The summed E-state index contributed by atoms with van der Waals surface area (Å²) < 4.78 is 40.8. The van der Waals surface area contributed by atoms with E-state index in [1.54, 1.807) is 10.7 Å². The van der Waals surface area contributed by atoms with Gasteiger partial charge in [0, 0.05) is 12.8 Å². The molecule has 1 aliphatic heterocycles. The van der Waals surface area contributed by atoms with Crippen molar-refractivity contribution in [2.75, 3.05) is 13.1 Å². The van der Waals surface area contributed by atoms with Crippen LogP contribution in [0.25, 0.3) is 0 Å². The summed E-state index contributed by atoms with van der Waals surface area (Å²) in [7, 11) is 0. The fraction of sp³-hybridized carbons (Fsp3) is 0.381. The first-order valence-corrected chi connectivity index (χ1v) is 9.86. The maximum atomic E-state index is 13.0. The highest BCUT2D eigenvalue weighted by Crippen LogP contribution is 2.35. The third-order valence-corrected chi connectivity index (χ3v) is 5.70. The molecule has 0 aliphatic carbocycles. The smallest absolute Gasteiger partial charge is 0.385 e. The van der Waals surface area contributed by atoms with Gasteiger partial charge in [-0.05, 0) is 33.7 Å². The van der Waals surface area contributed by atoms with Crippen molar-refractivity contribution >= 4 is 0 Å². The van der Waals surface area contributed by atoms with Crippen LogP contribution in [0.4, 0.5) is 13.2 Å². The molecule has 1 aromatic heterocycles. The lowest BCUT2D eigenvalue weighted by Gasteiger charge is -2.36. The van der Waals surface area contributed by atoms with Crippen LogP contribution in [0.15, 0.2) is 54.6 Å². The van der Waals surface area contributed by atoms with Crippen LogP contribution >= 0.6 is 0 Å². The molecule has 2 N–H and O–H groups in total. The van der Waals surface area contributed by atoms with Crippen molar-refractivity contribution in [2.45, 2.75) is 37.7 Å². The first kappa shape index (κ1) is 20.5. The van der Waals surface area contributed by atoms with Gasteiger partial charge >= 0.3 is 6.18 Å². The van der Waals surface area contributed by atoms with E-state index in [1.807, 2.05) is 30.3 Å². The number of nitrogens with zero attached hydrogens (tertiary/aromatic N) is 4. The highest BCUT2D eigenvalue weighted by atomic mass is 19.4. The molecule has 30 heavy (non-hydrogen) atoms. The number of aromatic nitrogens is 4. The average Bonchev–Trinajstić information content (AvgIpc) is 3.16. The maximum absolute atomic E-state index is 13.0. The predicted octanol–water partition coefficient (Wildman–Crippen LogP) is 1.81. The number of hydrogen-bond acceptors (Lipinski definition) is 4. The molecule has 1 aliphatic rings. The zero-order valence-electron chi connectivity index (χ0n) is 16.3. The van der Waals surface area contributed by atoms with Crippen molar-refractivity contribution < 1.29 is 23.2 Å². The molecule has 0 atom stereocenters. The Hall–Kier alpha value is -2.78. The monoisotopic (exact) mass is 418 g/mol. The van der Waals surface area contributed by atoms with Crippen molar-refractivity contribution in [3.05, 3.63) is 77.1 Å². The number of aliphatic hydroxyl groups is 1. The van der Waals surface area contributed by atoms with E-state index < -0.39 is 17.3 Å². The van der Waals surface area contributed by atoms with Crippen LogP contribution in [0.3, 0.4) is 0 Å². The first-order chi connectivity index (χ1) is 14.3. The van der Waals surface area contributed by atoms with Gasteiger partial charge in [-0.1, -0.05) is 42.5 Å². The van der Waals surface area contributed by atoms with Crippen LogP contribution in [0.2, 0.25) is 0 Å². The Morgan fingerprint density at radius 2 is 1.77 bits per heavy atom. The molecule has 2 aromatic carbocycles. The summed E-state index contributed by atoms with van der Waals surface area (Å²) in [5.74, 6) is 0.748. The van der Waals surface area contributed by atoms with Gasteiger partial charge in [-0.25, -0.2) is 4.68 Å². The van der Waals surface area contributed by atoms with Crippen molar-refractivity contribution in [2.24, 2.45) is 0 Å². The molecular formula is C21H23F3N5O+. The summed E-state index contributed by atoms with van der Waals surface area (Å²) in [5, 5.41) is 23.0. The van der Waals surface area contributed by atoms with E-state index in [4.69, 9.17) is 0 Å². The van der Waals surface area contributed by atoms with Gasteiger partial charge < -0.3 is 10.0 Å². The van der Waals surface area contributed by atoms with Crippen LogP contribution in [-0.2, 0) is 24.9 Å². The Bertz CT molecular complexity index is 982. The largest absolute Gasteiger partial charge is 0.416 e. The van der Waals surface area contributed by atoms with Crippen LogP contribution in [0, 0.1) is 0 Å². The van der Waals surface area contributed by atoms with E-state index >= 15 is 0 Å². The number of halogens is 3. The molecule has 6 nitrogen and oxygen atoms in total. The minimum atomic E-state index is -4.42. The second-order valence-corrected chi connectivity index (χ2v) is 7.78. The van der Waals surface area contributed by atoms with Gasteiger partial charge in [0.2, 0.25) is 5.82 Å². The Morgan fingerprint density at radius 3 is 2.47 bits per heavy atom. The number of piperidine rings is 1. The minimum absolute atomic E-state index is 0.324. The second kappa shape index (κ2) is 8.16. The molecule has 2 heterocycles. The van der Waals surface area contributed by atoms with Crippen LogP contribution in [0.5, 0.6) is 0 Å². The number of tetrazole rings is 1. The Labute approximate surface area is 171 Å². The summed E-state index contributed by atoms with van der Waals surface area (Å²) >= 11 is 0. The minimum Gasteiger partial charge on any atom is -0.385 e. The van der Waals surface area contributed by atoms with E-state index in [-0.39, 0.29) is 0 Å².